The fourth-order valence-electron chi connectivity index (χ4n) is 3.84. The highest BCUT2D eigenvalue weighted by atomic mass is 16.5. The lowest BCUT2D eigenvalue weighted by molar-refractivity contribution is 0.0620. The van der Waals surface area contributed by atoms with E-state index in [4.69, 9.17) is 9.72 Å². The molecule has 1 amide bonds. The predicted octanol–water partition coefficient (Wildman–Crippen LogP) is 3.34. The van der Waals surface area contributed by atoms with Gasteiger partial charge < -0.3 is 20.3 Å². The van der Waals surface area contributed by atoms with E-state index in [9.17, 15) is 4.79 Å². The van der Waals surface area contributed by atoms with Crippen molar-refractivity contribution in [3.63, 3.8) is 0 Å². The first-order valence-corrected chi connectivity index (χ1v) is 11.2. The van der Waals surface area contributed by atoms with Crippen molar-refractivity contribution in [3.8, 4) is 0 Å². The first-order chi connectivity index (χ1) is 14.3. The number of anilines is 1. The number of nitrogens with one attached hydrogen (secondary N) is 2. The van der Waals surface area contributed by atoms with Gasteiger partial charge in [0.25, 0.3) is 5.91 Å². The lowest BCUT2D eigenvalue weighted by atomic mass is 9.95. The Morgan fingerprint density at radius 1 is 1.40 bits per heavy atom. The number of amides is 1. The molecule has 166 valence electrons. The molecule has 2 aliphatic rings. The summed E-state index contributed by atoms with van der Waals surface area (Å²) in [5.41, 5.74) is 0.333. The second kappa shape index (κ2) is 9.77. The largest absolute Gasteiger partial charge is 0.496 e. The average molecular weight is 416 g/mol. The van der Waals surface area contributed by atoms with Gasteiger partial charge in [0.15, 0.2) is 0 Å². The number of carbonyl (C=O) groups excluding carboxylic acids is 1. The Kier molecular flexibility index (Phi) is 7.34. The fraction of sp³-hybridized carbons (Fsp3) is 0.696. The second-order valence-electron chi connectivity index (χ2n) is 9.72. The Hall–Kier alpha value is -2.15. The monoisotopic (exact) mass is 415 g/mol. The van der Waals surface area contributed by atoms with Gasteiger partial charge in [0.1, 0.15) is 23.0 Å². The lowest BCUT2D eigenvalue weighted by Crippen LogP contribution is -2.50. The minimum absolute atomic E-state index is 0.00155. The van der Waals surface area contributed by atoms with E-state index in [-0.39, 0.29) is 17.4 Å². The van der Waals surface area contributed by atoms with Gasteiger partial charge in [0.2, 0.25) is 0 Å². The van der Waals surface area contributed by atoms with E-state index in [2.05, 4.69) is 56.3 Å². The second-order valence-corrected chi connectivity index (χ2v) is 9.72. The molecule has 30 heavy (non-hydrogen) atoms. The Labute approximate surface area is 180 Å². The zero-order valence-corrected chi connectivity index (χ0v) is 19.1. The van der Waals surface area contributed by atoms with Gasteiger partial charge in [-0.3, -0.25) is 4.79 Å². The van der Waals surface area contributed by atoms with E-state index >= 15 is 0 Å². The Balaban J connectivity index is 1.90. The lowest BCUT2D eigenvalue weighted by Gasteiger charge is -2.36. The molecule has 1 fully saturated rings. The van der Waals surface area contributed by atoms with Crippen LogP contribution in [-0.2, 0) is 10.2 Å². The van der Waals surface area contributed by atoms with Crippen LogP contribution in [-0.4, -0.2) is 59.6 Å². The maximum absolute atomic E-state index is 13.7. The highest BCUT2D eigenvalue weighted by Gasteiger charge is 2.30. The SMILES string of the molecule is CC(C)CN(C(=O)c1cnc(C(C)(C)C)nc1NCC1=CCCO1)C1CCCNC1. The molecule has 2 N–H and O–H groups in total. The molecule has 0 radical (unpaired) electrons. The summed E-state index contributed by atoms with van der Waals surface area (Å²) in [5.74, 6) is 2.60. The topological polar surface area (TPSA) is 79.4 Å². The first kappa shape index (κ1) is 22.5. The van der Waals surface area contributed by atoms with Crippen LogP contribution in [0, 0.1) is 5.92 Å². The normalized spacial score (nSPS) is 19.4. The molecule has 0 saturated carbocycles. The molecule has 0 aromatic carbocycles. The van der Waals surface area contributed by atoms with Crippen molar-refractivity contribution in [2.24, 2.45) is 5.92 Å². The van der Waals surface area contributed by atoms with E-state index in [0.717, 1.165) is 57.1 Å². The molecule has 3 heterocycles. The maximum atomic E-state index is 13.7. The van der Waals surface area contributed by atoms with Crippen LogP contribution in [0.3, 0.4) is 0 Å². The number of nitrogens with zero attached hydrogens (tertiary/aromatic N) is 3. The fourth-order valence-corrected chi connectivity index (χ4v) is 3.84. The van der Waals surface area contributed by atoms with Crippen LogP contribution in [0.2, 0.25) is 0 Å². The van der Waals surface area contributed by atoms with Gasteiger partial charge in [0.05, 0.1) is 13.2 Å². The van der Waals surface area contributed by atoms with E-state index < -0.39 is 0 Å². The van der Waals surface area contributed by atoms with Crippen LogP contribution in [0.15, 0.2) is 18.0 Å². The maximum Gasteiger partial charge on any atom is 0.259 e. The molecule has 1 atom stereocenters. The zero-order chi connectivity index (χ0) is 21.7. The molecule has 7 heteroatoms. The molecule has 0 spiro atoms. The molecule has 3 rings (SSSR count). The number of aromatic nitrogens is 2. The number of ether oxygens (including phenoxy) is 1. The Morgan fingerprint density at radius 2 is 2.20 bits per heavy atom. The van der Waals surface area contributed by atoms with Crippen molar-refractivity contribution in [2.75, 3.05) is 38.1 Å². The Bertz CT molecular complexity index is 763. The van der Waals surface area contributed by atoms with E-state index in [1.54, 1.807) is 6.20 Å². The number of rotatable bonds is 7. The molecular formula is C23H37N5O2. The van der Waals surface area contributed by atoms with Crippen molar-refractivity contribution in [2.45, 2.75) is 65.3 Å². The van der Waals surface area contributed by atoms with Gasteiger partial charge >= 0.3 is 0 Å². The summed E-state index contributed by atoms with van der Waals surface area (Å²) >= 11 is 0. The van der Waals surface area contributed by atoms with Gasteiger partial charge in [0, 0.05) is 37.2 Å². The van der Waals surface area contributed by atoms with Crippen molar-refractivity contribution < 1.29 is 9.53 Å². The summed E-state index contributed by atoms with van der Waals surface area (Å²) in [7, 11) is 0. The van der Waals surface area contributed by atoms with Crippen LogP contribution in [0.1, 0.15) is 70.1 Å². The average Bonchev–Trinajstić information content (AvgIpc) is 3.23. The summed E-state index contributed by atoms with van der Waals surface area (Å²) in [5, 5.41) is 6.79. The predicted molar refractivity (Wildman–Crippen MR) is 120 cm³/mol. The standard InChI is InChI=1S/C23H37N5O2/c1-16(2)15-28(17-8-6-10-24-12-17)21(29)19-14-26-22(23(3,4)5)27-20(19)25-13-18-9-7-11-30-18/h9,14,16-17,24H,6-8,10-13,15H2,1-5H3,(H,25,26,27). The van der Waals surface area contributed by atoms with Crippen LogP contribution in [0.5, 0.6) is 0 Å². The van der Waals surface area contributed by atoms with Crippen molar-refractivity contribution in [3.05, 3.63) is 29.4 Å². The van der Waals surface area contributed by atoms with Gasteiger partial charge in [-0.05, 0) is 31.4 Å². The molecule has 0 bridgehead atoms. The summed E-state index contributed by atoms with van der Waals surface area (Å²) in [4.78, 5) is 25.0. The van der Waals surface area contributed by atoms with Crippen LogP contribution < -0.4 is 10.6 Å². The van der Waals surface area contributed by atoms with E-state index in [1.807, 2.05) is 4.90 Å². The number of hydrogen-bond donors (Lipinski definition) is 2. The van der Waals surface area contributed by atoms with Gasteiger partial charge in [-0.2, -0.15) is 0 Å². The van der Waals surface area contributed by atoms with Gasteiger partial charge in [-0.15, -0.1) is 0 Å². The molecule has 1 unspecified atom stereocenters. The van der Waals surface area contributed by atoms with Gasteiger partial charge in [-0.25, -0.2) is 9.97 Å². The Morgan fingerprint density at radius 3 is 2.80 bits per heavy atom. The van der Waals surface area contributed by atoms with Crippen LogP contribution in [0.25, 0.3) is 0 Å². The summed E-state index contributed by atoms with van der Waals surface area (Å²) in [6.45, 7) is 14.4. The highest BCUT2D eigenvalue weighted by Crippen LogP contribution is 2.25. The van der Waals surface area contributed by atoms with Crippen molar-refractivity contribution in [1.82, 2.24) is 20.2 Å². The quantitative estimate of drug-likeness (QED) is 0.711. The summed E-state index contributed by atoms with van der Waals surface area (Å²) < 4.78 is 5.62. The molecule has 1 saturated heterocycles. The van der Waals surface area contributed by atoms with E-state index in [1.165, 1.54) is 0 Å². The summed E-state index contributed by atoms with van der Waals surface area (Å²) in [6.07, 6.45) is 6.82. The van der Waals surface area contributed by atoms with Crippen molar-refractivity contribution in [1.29, 1.82) is 0 Å². The molecule has 1 aromatic rings. The number of hydrogen-bond acceptors (Lipinski definition) is 6. The molecule has 2 aliphatic heterocycles. The van der Waals surface area contributed by atoms with Crippen LogP contribution in [0.4, 0.5) is 5.82 Å². The number of carbonyl (C=O) groups is 1. The molecular weight excluding hydrogens is 378 g/mol. The first-order valence-electron chi connectivity index (χ1n) is 11.2. The third-order valence-electron chi connectivity index (χ3n) is 5.43. The molecule has 1 aromatic heterocycles. The summed E-state index contributed by atoms with van der Waals surface area (Å²) in [6, 6.07) is 0.199. The molecule has 7 nitrogen and oxygen atoms in total. The molecule has 0 aliphatic carbocycles. The minimum atomic E-state index is -0.202. The van der Waals surface area contributed by atoms with Crippen molar-refractivity contribution >= 4 is 11.7 Å². The smallest absolute Gasteiger partial charge is 0.259 e. The minimum Gasteiger partial charge on any atom is -0.496 e. The third-order valence-corrected chi connectivity index (χ3v) is 5.43. The zero-order valence-electron chi connectivity index (χ0n) is 19.1. The third kappa shape index (κ3) is 5.72. The van der Waals surface area contributed by atoms with E-state index in [0.29, 0.717) is 23.8 Å². The van der Waals surface area contributed by atoms with Gasteiger partial charge in [-0.1, -0.05) is 34.6 Å². The number of piperidine rings is 1. The highest BCUT2D eigenvalue weighted by molar-refractivity contribution is 5.98. The van der Waals surface area contributed by atoms with Crippen LogP contribution >= 0.6 is 0 Å².